The van der Waals surface area contributed by atoms with E-state index >= 15 is 0 Å². The molecule has 82 valence electrons. The van der Waals surface area contributed by atoms with Gasteiger partial charge in [0.25, 0.3) is 0 Å². The number of hydrogen-bond acceptors (Lipinski definition) is 2. The van der Waals surface area contributed by atoms with Gasteiger partial charge in [-0.25, -0.2) is 0 Å². The number of rotatable bonds is 2. The summed E-state index contributed by atoms with van der Waals surface area (Å²) in [5.74, 6) is -2.82. The van der Waals surface area contributed by atoms with Gasteiger partial charge in [-0.2, -0.15) is 13.2 Å². The van der Waals surface area contributed by atoms with Gasteiger partial charge in [0.2, 0.25) is 0 Å². The molecule has 1 aliphatic heterocycles. The van der Waals surface area contributed by atoms with E-state index in [4.69, 9.17) is 5.11 Å². The molecular formula is C8H12F3NO2. The van der Waals surface area contributed by atoms with E-state index in [1.54, 1.807) is 0 Å². The second-order valence-corrected chi connectivity index (χ2v) is 3.52. The van der Waals surface area contributed by atoms with Crippen LogP contribution in [0.15, 0.2) is 0 Å². The Morgan fingerprint density at radius 1 is 1.50 bits per heavy atom. The number of halogens is 3. The van der Waals surface area contributed by atoms with Crippen molar-refractivity contribution >= 4 is 5.97 Å². The van der Waals surface area contributed by atoms with Gasteiger partial charge in [0.15, 0.2) is 0 Å². The van der Waals surface area contributed by atoms with E-state index < -0.39 is 30.4 Å². The standard InChI is InChI=1S/C8H12F3NO2/c9-8(10,11)3-5-4-12-2-1-6(5)7(13)14/h5-6,12H,1-4H2,(H,13,14). The normalized spacial score (nSPS) is 28.8. The summed E-state index contributed by atoms with van der Waals surface area (Å²) in [6, 6.07) is 0. The fourth-order valence-corrected chi connectivity index (χ4v) is 1.76. The van der Waals surface area contributed by atoms with E-state index in [9.17, 15) is 18.0 Å². The van der Waals surface area contributed by atoms with Crippen LogP contribution in [-0.4, -0.2) is 30.3 Å². The van der Waals surface area contributed by atoms with Gasteiger partial charge < -0.3 is 10.4 Å². The molecule has 14 heavy (non-hydrogen) atoms. The average molecular weight is 211 g/mol. The smallest absolute Gasteiger partial charge is 0.389 e. The molecule has 1 aliphatic rings. The summed E-state index contributed by atoms with van der Waals surface area (Å²) in [4.78, 5) is 10.7. The molecule has 1 rings (SSSR count). The molecule has 2 unspecified atom stereocenters. The third kappa shape index (κ3) is 3.17. The van der Waals surface area contributed by atoms with Gasteiger partial charge in [-0.05, 0) is 25.4 Å². The zero-order chi connectivity index (χ0) is 10.8. The Hall–Kier alpha value is -0.780. The van der Waals surface area contributed by atoms with E-state index in [1.807, 2.05) is 0 Å². The average Bonchev–Trinajstić information content (AvgIpc) is 2.01. The lowest BCUT2D eigenvalue weighted by Crippen LogP contribution is -2.42. The summed E-state index contributed by atoms with van der Waals surface area (Å²) in [5, 5.41) is 11.5. The molecule has 0 aromatic rings. The number of alkyl halides is 3. The van der Waals surface area contributed by atoms with Gasteiger partial charge >= 0.3 is 12.1 Å². The van der Waals surface area contributed by atoms with Crippen molar-refractivity contribution in [1.29, 1.82) is 0 Å². The summed E-state index contributed by atoms with van der Waals surface area (Å²) in [6.45, 7) is 0.613. The van der Waals surface area contributed by atoms with Crippen LogP contribution >= 0.6 is 0 Å². The minimum absolute atomic E-state index is 0.135. The number of hydrogen-bond donors (Lipinski definition) is 2. The first-order chi connectivity index (χ1) is 6.40. The summed E-state index contributed by atoms with van der Waals surface area (Å²) in [7, 11) is 0. The van der Waals surface area contributed by atoms with Crippen LogP contribution in [0.5, 0.6) is 0 Å². The van der Waals surface area contributed by atoms with Crippen LogP contribution in [0.4, 0.5) is 13.2 Å². The monoisotopic (exact) mass is 211 g/mol. The molecule has 0 aromatic carbocycles. The second-order valence-electron chi connectivity index (χ2n) is 3.52. The molecule has 1 fully saturated rings. The summed E-state index contributed by atoms with van der Waals surface area (Å²) in [5.41, 5.74) is 0. The lowest BCUT2D eigenvalue weighted by Gasteiger charge is -2.29. The molecule has 0 spiro atoms. The predicted octanol–water partition coefficient (Wildman–Crippen LogP) is 1.25. The number of aliphatic carboxylic acids is 1. The zero-order valence-corrected chi connectivity index (χ0v) is 7.47. The van der Waals surface area contributed by atoms with Crippen molar-refractivity contribution in [2.75, 3.05) is 13.1 Å². The van der Waals surface area contributed by atoms with Gasteiger partial charge in [0, 0.05) is 6.42 Å². The number of carbonyl (C=O) groups is 1. The highest BCUT2D eigenvalue weighted by atomic mass is 19.4. The van der Waals surface area contributed by atoms with E-state index in [0.717, 1.165) is 0 Å². The van der Waals surface area contributed by atoms with Crippen molar-refractivity contribution in [3.63, 3.8) is 0 Å². The van der Waals surface area contributed by atoms with Crippen molar-refractivity contribution in [1.82, 2.24) is 5.32 Å². The van der Waals surface area contributed by atoms with Gasteiger partial charge in [0.05, 0.1) is 5.92 Å². The van der Waals surface area contributed by atoms with Crippen molar-refractivity contribution < 1.29 is 23.1 Å². The zero-order valence-electron chi connectivity index (χ0n) is 7.47. The Kier molecular flexibility index (Phi) is 3.36. The minimum Gasteiger partial charge on any atom is -0.481 e. The molecule has 6 heteroatoms. The van der Waals surface area contributed by atoms with Crippen molar-refractivity contribution in [2.24, 2.45) is 11.8 Å². The topological polar surface area (TPSA) is 49.3 Å². The summed E-state index contributed by atoms with van der Waals surface area (Å²) < 4.78 is 36.2. The summed E-state index contributed by atoms with van der Waals surface area (Å²) >= 11 is 0. The minimum atomic E-state index is -4.28. The largest absolute Gasteiger partial charge is 0.481 e. The lowest BCUT2D eigenvalue weighted by atomic mass is 9.84. The first kappa shape index (κ1) is 11.3. The van der Waals surface area contributed by atoms with E-state index in [1.165, 1.54) is 0 Å². The third-order valence-corrected chi connectivity index (χ3v) is 2.42. The molecule has 1 saturated heterocycles. The lowest BCUT2D eigenvalue weighted by molar-refractivity contribution is -0.159. The van der Waals surface area contributed by atoms with Crippen LogP contribution < -0.4 is 5.32 Å². The van der Waals surface area contributed by atoms with E-state index in [2.05, 4.69) is 5.32 Å². The van der Waals surface area contributed by atoms with Gasteiger partial charge in [-0.15, -0.1) is 0 Å². The molecule has 0 aromatic heterocycles. The number of nitrogens with one attached hydrogen (secondary N) is 1. The summed E-state index contributed by atoms with van der Waals surface area (Å²) in [6.07, 6.45) is -5.02. The van der Waals surface area contributed by atoms with Crippen LogP contribution in [0.3, 0.4) is 0 Å². The Balaban J connectivity index is 2.59. The van der Waals surface area contributed by atoms with Gasteiger partial charge in [0.1, 0.15) is 0 Å². The second kappa shape index (κ2) is 4.16. The maximum Gasteiger partial charge on any atom is 0.389 e. The Bertz CT molecular complexity index is 217. The molecule has 0 aliphatic carbocycles. The van der Waals surface area contributed by atoms with Crippen molar-refractivity contribution in [3.8, 4) is 0 Å². The highest BCUT2D eigenvalue weighted by Gasteiger charge is 2.39. The molecule has 3 nitrogen and oxygen atoms in total. The SMILES string of the molecule is O=C(O)C1CCNCC1CC(F)(F)F. The fourth-order valence-electron chi connectivity index (χ4n) is 1.76. The molecule has 2 N–H and O–H groups in total. The molecule has 0 saturated carbocycles. The molecular weight excluding hydrogens is 199 g/mol. The molecule has 0 radical (unpaired) electrons. The predicted molar refractivity (Wildman–Crippen MR) is 42.8 cm³/mol. The first-order valence-corrected chi connectivity index (χ1v) is 4.40. The first-order valence-electron chi connectivity index (χ1n) is 4.40. The maximum atomic E-state index is 12.1. The Morgan fingerprint density at radius 2 is 2.14 bits per heavy atom. The van der Waals surface area contributed by atoms with Crippen LogP contribution in [-0.2, 0) is 4.79 Å². The third-order valence-electron chi connectivity index (χ3n) is 2.42. The van der Waals surface area contributed by atoms with Crippen molar-refractivity contribution in [3.05, 3.63) is 0 Å². The maximum absolute atomic E-state index is 12.1. The quantitative estimate of drug-likeness (QED) is 0.722. The molecule has 0 amide bonds. The molecule has 0 bridgehead atoms. The Labute approximate surface area is 79.3 Å². The van der Waals surface area contributed by atoms with Crippen LogP contribution in [0.1, 0.15) is 12.8 Å². The van der Waals surface area contributed by atoms with Crippen LogP contribution in [0.25, 0.3) is 0 Å². The van der Waals surface area contributed by atoms with Crippen LogP contribution in [0, 0.1) is 11.8 Å². The van der Waals surface area contributed by atoms with Crippen molar-refractivity contribution in [2.45, 2.75) is 19.0 Å². The number of carboxylic acids is 1. The number of piperidine rings is 1. The van der Waals surface area contributed by atoms with Gasteiger partial charge in [-0.3, -0.25) is 4.79 Å². The number of carboxylic acid groups (broad SMARTS) is 1. The van der Waals surface area contributed by atoms with Crippen LogP contribution in [0.2, 0.25) is 0 Å². The molecule has 2 atom stereocenters. The van der Waals surface area contributed by atoms with E-state index in [0.29, 0.717) is 6.54 Å². The fraction of sp³-hybridized carbons (Fsp3) is 0.875. The Morgan fingerprint density at radius 3 is 2.64 bits per heavy atom. The highest BCUT2D eigenvalue weighted by molar-refractivity contribution is 5.70. The highest BCUT2D eigenvalue weighted by Crippen LogP contribution is 2.31. The van der Waals surface area contributed by atoms with E-state index in [-0.39, 0.29) is 13.0 Å². The van der Waals surface area contributed by atoms with Gasteiger partial charge in [-0.1, -0.05) is 0 Å². The molecule has 1 heterocycles.